The van der Waals surface area contributed by atoms with Crippen LogP contribution >= 0.6 is 24.2 Å². The Labute approximate surface area is 130 Å². The van der Waals surface area contributed by atoms with Gasteiger partial charge in [0, 0.05) is 9.79 Å². The van der Waals surface area contributed by atoms with Gasteiger partial charge in [0.15, 0.2) is 0 Å². The number of nitrogen functional groups attached to an aromatic ring is 1. The molecule has 0 bridgehead atoms. The molecular formula is C16H20ClNOS. The molecule has 0 aromatic heterocycles. The Morgan fingerprint density at radius 1 is 0.950 bits per heavy atom. The van der Waals surface area contributed by atoms with Crippen LogP contribution in [-0.2, 0) is 5.41 Å². The molecular weight excluding hydrogens is 290 g/mol. The number of hydrogen-bond donors (Lipinski definition) is 2. The molecule has 108 valence electrons. The molecule has 0 unspecified atom stereocenters. The standard InChI is InChI=1S/C16H19NOS.ClH/c1-16(2,3)11-4-6-12(7-5-11)19-13-8-9-15(18)14(17)10-13;/h4-10,18H,17H2,1-3H3;1H. The lowest BCUT2D eigenvalue weighted by Crippen LogP contribution is -2.10. The third-order valence-corrected chi connectivity index (χ3v) is 3.95. The zero-order valence-electron chi connectivity index (χ0n) is 11.9. The molecule has 20 heavy (non-hydrogen) atoms. The highest BCUT2D eigenvalue weighted by molar-refractivity contribution is 7.99. The van der Waals surface area contributed by atoms with E-state index in [1.165, 1.54) is 5.56 Å². The molecule has 0 fully saturated rings. The normalized spacial score (nSPS) is 10.9. The first-order valence-corrected chi connectivity index (χ1v) is 7.05. The van der Waals surface area contributed by atoms with Crippen LogP contribution in [0, 0.1) is 0 Å². The van der Waals surface area contributed by atoms with Gasteiger partial charge in [0.1, 0.15) is 5.75 Å². The Hall–Kier alpha value is -1.32. The Balaban J connectivity index is 0.00000200. The van der Waals surface area contributed by atoms with Crippen LogP contribution in [-0.4, -0.2) is 5.11 Å². The fourth-order valence-electron chi connectivity index (χ4n) is 1.76. The van der Waals surface area contributed by atoms with Crippen LogP contribution in [0.5, 0.6) is 5.75 Å². The van der Waals surface area contributed by atoms with Crippen molar-refractivity contribution in [1.82, 2.24) is 0 Å². The molecule has 0 aliphatic heterocycles. The first-order valence-electron chi connectivity index (χ1n) is 6.23. The molecule has 0 spiro atoms. The number of halogens is 1. The maximum atomic E-state index is 9.40. The molecule has 0 saturated carbocycles. The minimum atomic E-state index is 0. The van der Waals surface area contributed by atoms with E-state index in [1.807, 2.05) is 6.07 Å². The van der Waals surface area contributed by atoms with Crippen molar-refractivity contribution in [2.75, 3.05) is 5.73 Å². The van der Waals surface area contributed by atoms with E-state index in [0.29, 0.717) is 5.69 Å². The number of benzene rings is 2. The second-order valence-corrected chi connectivity index (χ2v) is 6.74. The third-order valence-electron chi connectivity index (χ3n) is 2.96. The summed E-state index contributed by atoms with van der Waals surface area (Å²) in [4.78, 5) is 2.19. The van der Waals surface area contributed by atoms with Gasteiger partial charge in [-0.1, -0.05) is 44.7 Å². The van der Waals surface area contributed by atoms with Gasteiger partial charge in [0.25, 0.3) is 0 Å². The minimum Gasteiger partial charge on any atom is -0.506 e. The average Bonchev–Trinajstić information content (AvgIpc) is 2.33. The molecule has 0 aliphatic rings. The fraction of sp³-hybridized carbons (Fsp3) is 0.250. The van der Waals surface area contributed by atoms with Crippen molar-refractivity contribution >= 4 is 29.9 Å². The van der Waals surface area contributed by atoms with Gasteiger partial charge >= 0.3 is 0 Å². The molecule has 0 heterocycles. The summed E-state index contributed by atoms with van der Waals surface area (Å²) in [6, 6.07) is 13.8. The Kier molecular flexibility index (Phi) is 5.37. The maximum Gasteiger partial charge on any atom is 0.138 e. The van der Waals surface area contributed by atoms with Crippen LogP contribution < -0.4 is 5.73 Å². The van der Waals surface area contributed by atoms with Crippen molar-refractivity contribution in [3.05, 3.63) is 48.0 Å². The van der Waals surface area contributed by atoms with Crippen molar-refractivity contribution in [2.24, 2.45) is 0 Å². The molecule has 0 amide bonds. The summed E-state index contributed by atoms with van der Waals surface area (Å²) in [6.45, 7) is 6.61. The van der Waals surface area contributed by atoms with Gasteiger partial charge in [0.05, 0.1) is 5.69 Å². The molecule has 2 aromatic rings. The van der Waals surface area contributed by atoms with E-state index >= 15 is 0 Å². The number of rotatable bonds is 2. The van der Waals surface area contributed by atoms with Crippen LogP contribution in [0.1, 0.15) is 26.3 Å². The fourth-order valence-corrected chi connectivity index (χ4v) is 2.62. The van der Waals surface area contributed by atoms with Crippen molar-refractivity contribution in [3.8, 4) is 5.75 Å². The largest absolute Gasteiger partial charge is 0.506 e. The smallest absolute Gasteiger partial charge is 0.138 e. The molecule has 4 heteroatoms. The molecule has 2 aromatic carbocycles. The van der Waals surface area contributed by atoms with Crippen molar-refractivity contribution in [2.45, 2.75) is 36.0 Å². The number of aromatic hydroxyl groups is 1. The zero-order chi connectivity index (χ0) is 14.0. The van der Waals surface area contributed by atoms with E-state index in [0.717, 1.165) is 9.79 Å². The van der Waals surface area contributed by atoms with E-state index in [1.54, 1.807) is 23.9 Å². The molecule has 0 saturated heterocycles. The molecule has 0 atom stereocenters. The van der Waals surface area contributed by atoms with Crippen LogP contribution in [0.3, 0.4) is 0 Å². The van der Waals surface area contributed by atoms with Gasteiger partial charge in [-0.15, -0.1) is 12.4 Å². The Morgan fingerprint density at radius 2 is 1.50 bits per heavy atom. The van der Waals surface area contributed by atoms with E-state index in [2.05, 4.69) is 45.0 Å². The molecule has 3 N–H and O–H groups in total. The van der Waals surface area contributed by atoms with Crippen LogP contribution in [0.2, 0.25) is 0 Å². The van der Waals surface area contributed by atoms with Gasteiger partial charge in [-0.25, -0.2) is 0 Å². The van der Waals surface area contributed by atoms with Crippen LogP contribution in [0.15, 0.2) is 52.3 Å². The minimum absolute atomic E-state index is 0. The van der Waals surface area contributed by atoms with E-state index in [9.17, 15) is 5.11 Å². The third kappa shape index (κ3) is 4.09. The number of anilines is 1. The van der Waals surface area contributed by atoms with Crippen LogP contribution in [0.25, 0.3) is 0 Å². The summed E-state index contributed by atoms with van der Waals surface area (Å²) >= 11 is 1.64. The number of hydrogen-bond acceptors (Lipinski definition) is 3. The Morgan fingerprint density at radius 3 is 2.00 bits per heavy atom. The maximum absolute atomic E-state index is 9.40. The summed E-state index contributed by atoms with van der Waals surface area (Å²) in [7, 11) is 0. The predicted octanol–water partition coefficient (Wildman–Crippen LogP) is 4.84. The lowest BCUT2D eigenvalue weighted by atomic mass is 9.87. The summed E-state index contributed by atoms with van der Waals surface area (Å²) < 4.78 is 0. The van der Waals surface area contributed by atoms with E-state index in [4.69, 9.17) is 5.73 Å². The number of phenols is 1. The molecule has 2 rings (SSSR count). The van der Waals surface area contributed by atoms with E-state index < -0.39 is 0 Å². The van der Waals surface area contributed by atoms with Gasteiger partial charge in [-0.05, 0) is 41.3 Å². The first kappa shape index (κ1) is 16.7. The van der Waals surface area contributed by atoms with E-state index in [-0.39, 0.29) is 23.6 Å². The molecule has 0 aliphatic carbocycles. The van der Waals surface area contributed by atoms with Crippen molar-refractivity contribution in [3.63, 3.8) is 0 Å². The SMILES string of the molecule is CC(C)(C)c1ccc(Sc2ccc(O)c(N)c2)cc1.Cl. The average molecular weight is 310 g/mol. The molecule has 2 nitrogen and oxygen atoms in total. The summed E-state index contributed by atoms with van der Waals surface area (Å²) in [5, 5.41) is 9.40. The number of phenolic OH excluding ortho intramolecular Hbond substituents is 1. The summed E-state index contributed by atoms with van der Waals surface area (Å²) in [5.41, 5.74) is 7.60. The monoisotopic (exact) mass is 309 g/mol. The van der Waals surface area contributed by atoms with Gasteiger partial charge in [0.2, 0.25) is 0 Å². The van der Waals surface area contributed by atoms with Crippen molar-refractivity contribution < 1.29 is 5.11 Å². The quantitative estimate of drug-likeness (QED) is 0.616. The highest BCUT2D eigenvalue weighted by atomic mass is 35.5. The lowest BCUT2D eigenvalue weighted by molar-refractivity contribution is 0.477. The highest BCUT2D eigenvalue weighted by Crippen LogP contribution is 2.33. The predicted molar refractivity (Wildman–Crippen MR) is 89.0 cm³/mol. The van der Waals surface area contributed by atoms with Gasteiger partial charge < -0.3 is 10.8 Å². The van der Waals surface area contributed by atoms with Gasteiger partial charge in [-0.2, -0.15) is 0 Å². The summed E-state index contributed by atoms with van der Waals surface area (Å²) in [6.07, 6.45) is 0. The Bertz CT molecular complexity index is 576. The lowest BCUT2D eigenvalue weighted by Gasteiger charge is -2.19. The second-order valence-electron chi connectivity index (χ2n) is 5.60. The van der Waals surface area contributed by atoms with Gasteiger partial charge in [-0.3, -0.25) is 0 Å². The first-order chi connectivity index (χ1) is 8.86. The van der Waals surface area contributed by atoms with Crippen molar-refractivity contribution in [1.29, 1.82) is 0 Å². The number of nitrogens with two attached hydrogens (primary N) is 1. The highest BCUT2D eigenvalue weighted by Gasteiger charge is 2.13. The molecule has 0 radical (unpaired) electrons. The second kappa shape index (κ2) is 6.42. The van der Waals surface area contributed by atoms with Crippen LogP contribution in [0.4, 0.5) is 5.69 Å². The summed E-state index contributed by atoms with van der Waals surface area (Å²) in [5.74, 6) is 0.132. The zero-order valence-corrected chi connectivity index (χ0v) is 13.5. The topological polar surface area (TPSA) is 46.2 Å².